The second-order valence-electron chi connectivity index (χ2n) is 5.83. The molecule has 2 aromatic carbocycles. The number of halogens is 1. The normalized spacial score (nSPS) is 15.7. The van der Waals surface area contributed by atoms with E-state index in [9.17, 15) is 4.79 Å². The summed E-state index contributed by atoms with van der Waals surface area (Å²) in [5.74, 6) is 2.23. The molecule has 1 atom stereocenters. The van der Waals surface area contributed by atoms with E-state index in [2.05, 4.69) is 10.2 Å². The van der Waals surface area contributed by atoms with Crippen LogP contribution in [-0.4, -0.2) is 35.8 Å². The van der Waals surface area contributed by atoms with E-state index in [-0.39, 0.29) is 11.2 Å². The molecular weight excluding hydrogens is 372 g/mol. The predicted molar refractivity (Wildman–Crippen MR) is 111 cm³/mol. The molecular formula is C19H21ClN2OS2. The van der Waals surface area contributed by atoms with Crippen LogP contribution in [0.3, 0.4) is 0 Å². The van der Waals surface area contributed by atoms with Crippen LogP contribution in [0.1, 0.15) is 6.92 Å². The van der Waals surface area contributed by atoms with Crippen LogP contribution in [-0.2, 0) is 4.79 Å². The van der Waals surface area contributed by atoms with Gasteiger partial charge in [-0.25, -0.2) is 0 Å². The largest absolute Gasteiger partial charge is 0.369 e. The molecule has 1 N–H and O–H groups in total. The second kappa shape index (κ2) is 8.88. The Hall–Kier alpha value is -1.30. The zero-order chi connectivity index (χ0) is 17.6. The highest BCUT2D eigenvalue weighted by Gasteiger charge is 2.17. The summed E-state index contributed by atoms with van der Waals surface area (Å²) in [6.07, 6.45) is 0. The van der Waals surface area contributed by atoms with Crippen molar-refractivity contribution >= 4 is 52.4 Å². The third-order valence-corrected chi connectivity index (χ3v) is 6.35. The van der Waals surface area contributed by atoms with Gasteiger partial charge in [0.05, 0.1) is 16.0 Å². The van der Waals surface area contributed by atoms with Crippen molar-refractivity contribution in [3.05, 3.63) is 53.6 Å². The van der Waals surface area contributed by atoms with Gasteiger partial charge in [-0.3, -0.25) is 4.79 Å². The number of hydrogen-bond donors (Lipinski definition) is 1. The Morgan fingerprint density at radius 2 is 1.92 bits per heavy atom. The molecule has 1 aliphatic heterocycles. The zero-order valence-electron chi connectivity index (χ0n) is 14.1. The van der Waals surface area contributed by atoms with E-state index in [0.29, 0.717) is 5.02 Å². The SMILES string of the molecule is CC(Sc1ccccc1)C(=O)Nc1ccc(N2CCSCC2)c(Cl)c1. The third kappa shape index (κ3) is 5.09. The lowest BCUT2D eigenvalue weighted by molar-refractivity contribution is -0.115. The van der Waals surface area contributed by atoms with Gasteiger partial charge in [0.25, 0.3) is 0 Å². The van der Waals surface area contributed by atoms with Crippen LogP contribution in [0, 0.1) is 0 Å². The molecule has 1 aliphatic rings. The number of hydrogen-bond acceptors (Lipinski definition) is 4. The van der Waals surface area contributed by atoms with Gasteiger partial charge >= 0.3 is 0 Å². The Morgan fingerprint density at radius 3 is 2.60 bits per heavy atom. The molecule has 2 aromatic rings. The molecule has 6 heteroatoms. The molecule has 1 heterocycles. The van der Waals surface area contributed by atoms with Crippen molar-refractivity contribution in [2.75, 3.05) is 34.8 Å². The van der Waals surface area contributed by atoms with Gasteiger partial charge in [0, 0.05) is 35.2 Å². The Morgan fingerprint density at radius 1 is 1.20 bits per heavy atom. The molecule has 1 fully saturated rings. The Balaban J connectivity index is 1.62. The number of nitrogens with one attached hydrogen (secondary N) is 1. The molecule has 0 aromatic heterocycles. The molecule has 3 nitrogen and oxygen atoms in total. The van der Waals surface area contributed by atoms with Crippen LogP contribution in [0.2, 0.25) is 5.02 Å². The number of carbonyl (C=O) groups is 1. The minimum Gasteiger partial charge on any atom is -0.369 e. The fourth-order valence-corrected chi connectivity index (χ4v) is 4.74. The van der Waals surface area contributed by atoms with Crippen LogP contribution < -0.4 is 10.2 Å². The summed E-state index contributed by atoms with van der Waals surface area (Å²) >= 11 is 9.97. The van der Waals surface area contributed by atoms with E-state index in [1.54, 1.807) is 11.8 Å². The van der Waals surface area contributed by atoms with Crippen LogP contribution in [0.25, 0.3) is 0 Å². The van der Waals surface area contributed by atoms with E-state index in [0.717, 1.165) is 40.9 Å². The second-order valence-corrected chi connectivity index (χ2v) is 8.87. The average molecular weight is 393 g/mol. The van der Waals surface area contributed by atoms with E-state index in [1.165, 1.54) is 0 Å². The summed E-state index contributed by atoms with van der Waals surface area (Å²) < 4.78 is 0. The van der Waals surface area contributed by atoms with Crippen molar-refractivity contribution in [2.24, 2.45) is 0 Å². The monoisotopic (exact) mass is 392 g/mol. The lowest BCUT2D eigenvalue weighted by Crippen LogP contribution is -2.32. The van der Waals surface area contributed by atoms with Crippen molar-refractivity contribution in [3.63, 3.8) is 0 Å². The van der Waals surface area contributed by atoms with Crippen LogP contribution in [0.15, 0.2) is 53.4 Å². The van der Waals surface area contributed by atoms with Crippen LogP contribution in [0.5, 0.6) is 0 Å². The quantitative estimate of drug-likeness (QED) is 0.724. The highest BCUT2D eigenvalue weighted by Crippen LogP contribution is 2.31. The molecule has 132 valence electrons. The summed E-state index contributed by atoms with van der Waals surface area (Å²) in [5.41, 5.74) is 1.79. The molecule has 1 unspecified atom stereocenters. The zero-order valence-corrected chi connectivity index (χ0v) is 16.5. The summed E-state index contributed by atoms with van der Waals surface area (Å²) in [4.78, 5) is 15.8. The summed E-state index contributed by atoms with van der Waals surface area (Å²) in [5, 5.41) is 3.47. The Kier molecular flexibility index (Phi) is 6.57. The van der Waals surface area contributed by atoms with Gasteiger partial charge in [-0.05, 0) is 37.3 Å². The first-order valence-electron chi connectivity index (χ1n) is 8.28. The van der Waals surface area contributed by atoms with Gasteiger partial charge in [-0.1, -0.05) is 29.8 Å². The lowest BCUT2D eigenvalue weighted by Gasteiger charge is -2.29. The summed E-state index contributed by atoms with van der Waals surface area (Å²) in [6, 6.07) is 15.7. The maximum Gasteiger partial charge on any atom is 0.237 e. The molecule has 25 heavy (non-hydrogen) atoms. The number of benzene rings is 2. The van der Waals surface area contributed by atoms with Gasteiger partial charge in [0.2, 0.25) is 5.91 Å². The Bertz CT molecular complexity index is 721. The Labute approximate surface area is 162 Å². The smallest absolute Gasteiger partial charge is 0.237 e. The molecule has 0 spiro atoms. The fraction of sp³-hybridized carbons (Fsp3) is 0.316. The lowest BCUT2D eigenvalue weighted by atomic mass is 10.2. The summed E-state index contributed by atoms with van der Waals surface area (Å²) in [6.45, 7) is 3.94. The van der Waals surface area contributed by atoms with Gasteiger partial charge in [-0.2, -0.15) is 11.8 Å². The molecule has 0 saturated carbocycles. The van der Waals surface area contributed by atoms with Crippen molar-refractivity contribution in [2.45, 2.75) is 17.1 Å². The molecule has 3 rings (SSSR count). The highest BCUT2D eigenvalue weighted by molar-refractivity contribution is 8.00. The highest BCUT2D eigenvalue weighted by atomic mass is 35.5. The predicted octanol–water partition coefficient (Wildman–Crippen LogP) is 5.01. The number of amides is 1. The molecule has 0 bridgehead atoms. The van der Waals surface area contributed by atoms with Gasteiger partial charge in [0.1, 0.15) is 0 Å². The van der Waals surface area contributed by atoms with Gasteiger partial charge < -0.3 is 10.2 Å². The van der Waals surface area contributed by atoms with Crippen molar-refractivity contribution in [1.82, 2.24) is 0 Å². The first-order chi connectivity index (χ1) is 12.1. The average Bonchev–Trinajstić information content (AvgIpc) is 2.63. The fourth-order valence-electron chi connectivity index (χ4n) is 2.65. The summed E-state index contributed by atoms with van der Waals surface area (Å²) in [7, 11) is 0. The van der Waals surface area contributed by atoms with E-state index >= 15 is 0 Å². The van der Waals surface area contributed by atoms with Crippen molar-refractivity contribution in [1.29, 1.82) is 0 Å². The molecule has 0 aliphatic carbocycles. The van der Waals surface area contributed by atoms with E-state index in [1.807, 2.05) is 67.2 Å². The number of nitrogens with zero attached hydrogens (tertiary/aromatic N) is 1. The maximum atomic E-state index is 12.4. The standard InChI is InChI=1S/C19H21ClN2OS2/c1-14(25-16-5-3-2-4-6-16)19(23)21-15-7-8-18(17(20)13-15)22-9-11-24-12-10-22/h2-8,13-14H,9-12H2,1H3,(H,21,23). The molecule has 0 radical (unpaired) electrons. The van der Waals surface area contributed by atoms with Gasteiger partial charge in [0.15, 0.2) is 0 Å². The number of rotatable bonds is 5. The van der Waals surface area contributed by atoms with E-state index in [4.69, 9.17) is 11.6 Å². The minimum absolute atomic E-state index is 0.0213. The first-order valence-corrected chi connectivity index (χ1v) is 10.7. The molecule has 1 saturated heterocycles. The molecule has 1 amide bonds. The number of thioether (sulfide) groups is 2. The number of anilines is 2. The van der Waals surface area contributed by atoms with Crippen molar-refractivity contribution in [3.8, 4) is 0 Å². The first kappa shape index (κ1) is 18.5. The minimum atomic E-state index is -0.181. The number of carbonyl (C=O) groups excluding carboxylic acids is 1. The van der Waals surface area contributed by atoms with Crippen LogP contribution >= 0.6 is 35.1 Å². The van der Waals surface area contributed by atoms with Crippen molar-refractivity contribution < 1.29 is 4.79 Å². The van der Waals surface area contributed by atoms with E-state index < -0.39 is 0 Å². The third-order valence-electron chi connectivity index (χ3n) is 3.99. The maximum absolute atomic E-state index is 12.4. The van der Waals surface area contributed by atoms with Gasteiger partial charge in [-0.15, -0.1) is 11.8 Å². The van der Waals surface area contributed by atoms with Crippen LogP contribution in [0.4, 0.5) is 11.4 Å². The topological polar surface area (TPSA) is 32.3 Å².